The lowest BCUT2D eigenvalue weighted by Gasteiger charge is -2.28. The molecule has 0 saturated carbocycles. The van der Waals surface area contributed by atoms with E-state index in [4.69, 9.17) is 4.42 Å². The highest BCUT2D eigenvalue weighted by molar-refractivity contribution is 5.28. The van der Waals surface area contributed by atoms with Crippen molar-refractivity contribution < 1.29 is 4.42 Å². The molecule has 1 fully saturated rings. The second-order valence-corrected chi connectivity index (χ2v) is 7.11. The maximum Gasteiger partial charge on any atom is 0.222 e. The van der Waals surface area contributed by atoms with Crippen LogP contribution in [0.4, 0.5) is 5.95 Å². The molecular weight excluding hydrogens is 336 g/mol. The number of nitrogens with zero attached hydrogens (tertiary/aromatic N) is 3. The number of furan rings is 1. The Balaban J connectivity index is 1.39. The molecule has 5 nitrogen and oxygen atoms in total. The number of rotatable bonds is 6. The standard InChI is InChI=1S/C22H26N4O/c1-3-8-18(9-4-1)14-23-22-24-15-19(16-25-22)17-26-12-6-2-5-10-20(26)21-11-7-13-27-21/h1,3-4,7-9,11,13,15-16,20H,2,5-6,10,12,14,17H2,(H,23,24,25). The van der Waals surface area contributed by atoms with Gasteiger partial charge in [0.05, 0.1) is 12.3 Å². The number of nitrogens with one attached hydrogen (secondary N) is 1. The quantitative estimate of drug-likeness (QED) is 0.683. The van der Waals surface area contributed by atoms with Gasteiger partial charge in [-0.3, -0.25) is 4.90 Å². The summed E-state index contributed by atoms with van der Waals surface area (Å²) in [5, 5.41) is 3.28. The third-order valence-corrected chi connectivity index (χ3v) is 5.12. The Hall–Kier alpha value is -2.66. The molecule has 0 radical (unpaired) electrons. The first-order chi connectivity index (χ1) is 13.4. The molecule has 1 aliphatic heterocycles. The Morgan fingerprint density at radius 3 is 2.59 bits per heavy atom. The molecule has 1 N–H and O–H groups in total. The van der Waals surface area contributed by atoms with Gasteiger partial charge in [0.15, 0.2) is 0 Å². The minimum Gasteiger partial charge on any atom is -0.468 e. The molecule has 3 heterocycles. The summed E-state index contributed by atoms with van der Waals surface area (Å²) in [6.07, 6.45) is 10.6. The molecule has 1 aliphatic rings. The SMILES string of the molecule is c1ccc(CNc2ncc(CN3CCCCCC3c3ccco3)cn2)cc1. The molecule has 27 heavy (non-hydrogen) atoms. The molecule has 0 aliphatic carbocycles. The zero-order valence-corrected chi connectivity index (χ0v) is 15.6. The van der Waals surface area contributed by atoms with Crippen LogP contribution in [0.1, 0.15) is 48.6 Å². The van der Waals surface area contributed by atoms with E-state index in [9.17, 15) is 0 Å². The first-order valence-electron chi connectivity index (χ1n) is 9.75. The van der Waals surface area contributed by atoms with E-state index in [1.54, 1.807) is 6.26 Å². The van der Waals surface area contributed by atoms with Gasteiger partial charge in [-0.05, 0) is 37.1 Å². The average molecular weight is 362 g/mol. The van der Waals surface area contributed by atoms with Crippen molar-refractivity contribution in [3.8, 4) is 0 Å². The molecule has 1 unspecified atom stereocenters. The maximum atomic E-state index is 5.71. The molecule has 3 aromatic rings. The lowest BCUT2D eigenvalue weighted by molar-refractivity contribution is 0.169. The lowest BCUT2D eigenvalue weighted by atomic mass is 10.1. The normalized spacial score (nSPS) is 18.1. The highest BCUT2D eigenvalue weighted by Gasteiger charge is 2.24. The summed E-state index contributed by atoms with van der Waals surface area (Å²) in [5.41, 5.74) is 2.36. The zero-order valence-electron chi connectivity index (χ0n) is 15.6. The lowest BCUT2D eigenvalue weighted by Crippen LogP contribution is -2.28. The maximum absolute atomic E-state index is 5.71. The molecule has 5 heteroatoms. The van der Waals surface area contributed by atoms with Gasteiger partial charge in [0.25, 0.3) is 0 Å². The van der Waals surface area contributed by atoms with Gasteiger partial charge in [-0.2, -0.15) is 0 Å². The summed E-state index contributed by atoms with van der Waals surface area (Å²) < 4.78 is 5.71. The molecule has 0 amide bonds. The molecule has 2 aromatic heterocycles. The summed E-state index contributed by atoms with van der Waals surface area (Å²) in [7, 11) is 0. The molecule has 0 spiro atoms. The second-order valence-electron chi connectivity index (χ2n) is 7.11. The number of likely N-dealkylation sites (tertiary alicyclic amines) is 1. The van der Waals surface area contributed by atoms with Crippen LogP contribution in [0.3, 0.4) is 0 Å². The van der Waals surface area contributed by atoms with Crippen molar-refractivity contribution in [3.63, 3.8) is 0 Å². The van der Waals surface area contributed by atoms with Crippen LogP contribution in [0.5, 0.6) is 0 Å². The van der Waals surface area contributed by atoms with Crippen LogP contribution < -0.4 is 5.32 Å². The van der Waals surface area contributed by atoms with Crippen LogP contribution in [0.25, 0.3) is 0 Å². The van der Waals surface area contributed by atoms with Crippen LogP contribution in [0.15, 0.2) is 65.5 Å². The predicted octanol–water partition coefficient (Wildman–Crippen LogP) is 4.80. The summed E-state index contributed by atoms with van der Waals surface area (Å²) in [6.45, 7) is 2.66. The van der Waals surface area contributed by atoms with Crippen LogP contribution in [0, 0.1) is 0 Å². The van der Waals surface area contributed by atoms with Gasteiger partial charge in [-0.1, -0.05) is 43.2 Å². The fraction of sp³-hybridized carbons (Fsp3) is 0.364. The number of benzene rings is 1. The smallest absolute Gasteiger partial charge is 0.222 e. The van der Waals surface area contributed by atoms with Gasteiger partial charge in [0.2, 0.25) is 5.95 Å². The van der Waals surface area contributed by atoms with Crippen molar-refractivity contribution in [2.75, 3.05) is 11.9 Å². The summed E-state index contributed by atoms with van der Waals surface area (Å²) in [5.74, 6) is 1.74. The Bertz CT molecular complexity index is 802. The average Bonchev–Trinajstić information content (AvgIpc) is 3.15. The zero-order chi connectivity index (χ0) is 18.3. The molecule has 1 aromatic carbocycles. The Morgan fingerprint density at radius 1 is 0.963 bits per heavy atom. The molecule has 4 rings (SSSR count). The third-order valence-electron chi connectivity index (χ3n) is 5.12. The fourth-order valence-corrected chi connectivity index (χ4v) is 3.70. The Labute approximate surface area is 160 Å². The van der Waals surface area contributed by atoms with Crippen LogP contribution >= 0.6 is 0 Å². The molecule has 140 valence electrons. The van der Waals surface area contributed by atoms with Crippen molar-refractivity contribution in [2.45, 2.75) is 44.8 Å². The number of anilines is 1. The highest BCUT2D eigenvalue weighted by atomic mass is 16.3. The third kappa shape index (κ3) is 4.74. The van der Waals surface area contributed by atoms with Crippen LogP contribution in [-0.2, 0) is 13.1 Å². The topological polar surface area (TPSA) is 54.2 Å². The minimum absolute atomic E-state index is 0.346. The Morgan fingerprint density at radius 2 is 1.81 bits per heavy atom. The molecular formula is C22H26N4O. The van der Waals surface area contributed by atoms with E-state index in [0.29, 0.717) is 12.0 Å². The van der Waals surface area contributed by atoms with Crippen LogP contribution in [-0.4, -0.2) is 21.4 Å². The van der Waals surface area contributed by atoms with Gasteiger partial charge < -0.3 is 9.73 Å². The van der Waals surface area contributed by atoms with Gasteiger partial charge in [0.1, 0.15) is 5.76 Å². The minimum atomic E-state index is 0.346. The summed E-state index contributed by atoms with van der Waals surface area (Å²) in [6, 6.07) is 14.7. The van der Waals surface area contributed by atoms with Gasteiger partial charge >= 0.3 is 0 Å². The van der Waals surface area contributed by atoms with Crippen molar-refractivity contribution in [2.24, 2.45) is 0 Å². The van der Waals surface area contributed by atoms with E-state index in [1.165, 1.54) is 24.8 Å². The monoisotopic (exact) mass is 362 g/mol. The van der Waals surface area contributed by atoms with E-state index in [1.807, 2.05) is 36.7 Å². The van der Waals surface area contributed by atoms with Gasteiger partial charge in [0, 0.05) is 31.0 Å². The van der Waals surface area contributed by atoms with E-state index < -0.39 is 0 Å². The highest BCUT2D eigenvalue weighted by Crippen LogP contribution is 2.31. The van der Waals surface area contributed by atoms with E-state index >= 15 is 0 Å². The number of hydrogen-bond acceptors (Lipinski definition) is 5. The fourth-order valence-electron chi connectivity index (χ4n) is 3.70. The van der Waals surface area contributed by atoms with Gasteiger partial charge in [-0.25, -0.2) is 9.97 Å². The van der Waals surface area contributed by atoms with Crippen molar-refractivity contribution >= 4 is 5.95 Å². The summed E-state index contributed by atoms with van der Waals surface area (Å²) >= 11 is 0. The van der Waals surface area contributed by atoms with E-state index in [-0.39, 0.29) is 0 Å². The molecule has 1 atom stereocenters. The van der Waals surface area contributed by atoms with Crippen molar-refractivity contribution in [1.29, 1.82) is 0 Å². The van der Waals surface area contributed by atoms with Crippen molar-refractivity contribution in [1.82, 2.24) is 14.9 Å². The number of hydrogen-bond donors (Lipinski definition) is 1. The predicted molar refractivity (Wildman–Crippen MR) is 106 cm³/mol. The van der Waals surface area contributed by atoms with E-state index in [0.717, 1.165) is 37.4 Å². The number of aromatic nitrogens is 2. The second kappa shape index (κ2) is 8.82. The first-order valence-corrected chi connectivity index (χ1v) is 9.75. The van der Waals surface area contributed by atoms with E-state index in [2.05, 4.69) is 38.4 Å². The largest absolute Gasteiger partial charge is 0.468 e. The summed E-state index contributed by atoms with van der Waals surface area (Å²) in [4.78, 5) is 11.5. The van der Waals surface area contributed by atoms with Crippen LogP contribution in [0.2, 0.25) is 0 Å². The van der Waals surface area contributed by atoms with Gasteiger partial charge in [-0.15, -0.1) is 0 Å². The first kappa shape index (κ1) is 17.7. The molecule has 1 saturated heterocycles. The van der Waals surface area contributed by atoms with Crippen molar-refractivity contribution in [3.05, 3.63) is 78.0 Å². The Kier molecular flexibility index (Phi) is 5.80. The molecule has 0 bridgehead atoms.